The van der Waals surface area contributed by atoms with Crippen LogP contribution < -0.4 is 5.32 Å². The van der Waals surface area contributed by atoms with Gasteiger partial charge in [0.1, 0.15) is 5.82 Å². The molecule has 4 nitrogen and oxygen atoms in total. The number of fused-ring (bicyclic) bond motifs is 2. The van der Waals surface area contributed by atoms with Crippen LogP contribution >= 0.6 is 0 Å². The summed E-state index contributed by atoms with van der Waals surface area (Å²) >= 11 is 0. The highest BCUT2D eigenvalue weighted by molar-refractivity contribution is 5.91. The monoisotopic (exact) mass is 393 g/mol. The number of nitrogens with zero attached hydrogens (tertiary/aromatic N) is 2. The van der Waals surface area contributed by atoms with Crippen molar-refractivity contribution >= 4 is 11.7 Å². The number of hydrogen-bond donors (Lipinski definition) is 1. The van der Waals surface area contributed by atoms with Crippen LogP contribution in [0, 0.1) is 11.7 Å². The minimum Gasteiger partial charge on any atom is -0.318 e. The highest BCUT2D eigenvalue weighted by Crippen LogP contribution is 2.42. The number of piperidine rings is 1. The van der Waals surface area contributed by atoms with Crippen molar-refractivity contribution in [1.29, 1.82) is 0 Å². The van der Waals surface area contributed by atoms with Crippen molar-refractivity contribution in [2.24, 2.45) is 5.92 Å². The SMILES string of the molecule is CC1CC2C[C@H](C1)N2C(=O)Nc1ccc(C(F)(F)F)c(-c2cncc(F)c2)c1. The van der Waals surface area contributed by atoms with Gasteiger partial charge < -0.3 is 10.2 Å². The Morgan fingerprint density at radius 2 is 1.86 bits per heavy atom. The molecule has 3 aliphatic rings. The van der Waals surface area contributed by atoms with E-state index in [1.807, 2.05) is 0 Å². The maximum absolute atomic E-state index is 13.5. The third-order valence-corrected chi connectivity index (χ3v) is 5.51. The molecule has 0 spiro atoms. The number of halogens is 4. The van der Waals surface area contributed by atoms with Crippen LogP contribution in [0.15, 0.2) is 36.7 Å². The molecule has 2 aromatic rings. The van der Waals surface area contributed by atoms with Crippen LogP contribution in [0.4, 0.5) is 28.0 Å². The summed E-state index contributed by atoms with van der Waals surface area (Å²) in [5, 5.41) is 2.70. The number of urea groups is 1. The molecule has 2 unspecified atom stereocenters. The van der Waals surface area contributed by atoms with E-state index in [9.17, 15) is 22.4 Å². The largest absolute Gasteiger partial charge is 0.417 e. The van der Waals surface area contributed by atoms with E-state index in [0.29, 0.717) is 5.92 Å². The fourth-order valence-electron chi connectivity index (χ4n) is 4.33. The van der Waals surface area contributed by atoms with E-state index in [4.69, 9.17) is 0 Å². The number of pyridine rings is 1. The zero-order valence-electron chi connectivity index (χ0n) is 15.1. The lowest BCUT2D eigenvalue weighted by molar-refractivity contribution is -0.137. The van der Waals surface area contributed by atoms with E-state index in [1.165, 1.54) is 18.3 Å². The molecule has 2 saturated heterocycles. The summed E-state index contributed by atoms with van der Waals surface area (Å²) in [5.41, 5.74) is -0.907. The van der Waals surface area contributed by atoms with Gasteiger partial charge in [0.05, 0.1) is 11.8 Å². The molecule has 3 heterocycles. The molecule has 1 aliphatic carbocycles. The Hall–Kier alpha value is -2.64. The zero-order valence-corrected chi connectivity index (χ0v) is 15.1. The van der Waals surface area contributed by atoms with Crippen molar-refractivity contribution in [3.8, 4) is 11.1 Å². The maximum atomic E-state index is 13.5. The van der Waals surface area contributed by atoms with Gasteiger partial charge in [-0.25, -0.2) is 9.18 Å². The molecule has 1 saturated carbocycles. The molecule has 28 heavy (non-hydrogen) atoms. The number of rotatable bonds is 2. The fraction of sp³-hybridized carbons (Fsp3) is 0.400. The smallest absolute Gasteiger partial charge is 0.318 e. The summed E-state index contributed by atoms with van der Waals surface area (Å²) in [6.07, 6.45) is 0.334. The minimum absolute atomic E-state index is 0.00179. The lowest BCUT2D eigenvalue weighted by Gasteiger charge is -2.54. The van der Waals surface area contributed by atoms with Crippen LogP contribution in [-0.2, 0) is 6.18 Å². The molecule has 5 rings (SSSR count). The van der Waals surface area contributed by atoms with Gasteiger partial charge in [-0.15, -0.1) is 0 Å². The van der Waals surface area contributed by atoms with Crippen LogP contribution in [0.1, 0.15) is 31.7 Å². The average Bonchev–Trinajstić information content (AvgIpc) is 2.60. The lowest BCUT2D eigenvalue weighted by atomic mass is 9.74. The standard InChI is InChI=1S/C20H19F4N3O/c1-11-4-15-8-16(5-11)27(15)19(28)26-14-2-3-18(20(22,23)24)17(7-14)12-6-13(21)10-25-9-12/h2-3,6-7,9-11,15-16H,4-5,8H2,1H3,(H,26,28)/t11?,15-,16?/m0/s1. The van der Waals surface area contributed by atoms with Crippen molar-refractivity contribution in [1.82, 2.24) is 9.88 Å². The number of amides is 2. The van der Waals surface area contributed by atoms with E-state index >= 15 is 0 Å². The van der Waals surface area contributed by atoms with Crippen LogP contribution in [0.25, 0.3) is 11.1 Å². The van der Waals surface area contributed by atoms with Crippen molar-refractivity contribution in [3.05, 3.63) is 48.0 Å². The number of benzene rings is 1. The van der Waals surface area contributed by atoms with Gasteiger partial charge in [0, 0.05) is 29.5 Å². The van der Waals surface area contributed by atoms with Crippen molar-refractivity contribution in [3.63, 3.8) is 0 Å². The highest BCUT2D eigenvalue weighted by atomic mass is 19.4. The van der Waals surface area contributed by atoms with E-state index < -0.39 is 17.6 Å². The van der Waals surface area contributed by atoms with Crippen LogP contribution in [0.3, 0.4) is 0 Å². The van der Waals surface area contributed by atoms with E-state index in [1.54, 1.807) is 4.90 Å². The van der Waals surface area contributed by atoms with E-state index in [2.05, 4.69) is 17.2 Å². The Bertz CT molecular complexity index is 903. The van der Waals surface area contributed by atoms with Gasteiger partial charge in [0.15, 0.2) is 0 Å². The maximum Gasteiger partial charge on any atom is 0.417 e. The minimum atomic E-state index is -4.62. The van der Waals surface area contributed by atoms with Gasteiger partial charge in [-0.3, -0.25) is 4.98 Å². The molecule has 0 radical (unpaired) electrons. The van der Waals surface area contributed by atoms with Gasteiger partial charge in [-0.05, 0) is 55.0 Å². The van der Waals surface area contributed by atoms with Gasteiger partial charge in [-0.1, -0.05) is 6.92 Å². The summed E-state index contributed by atoms with van der Waals surface area (Å²) in [4.78, 5) is 18.0. The Kier molecular flexibility index (Phi) is 4.51. The normalized spacial score (nSPS) is 23.9. The zero-order chi connectivity index (χ0) is 20.1. The topological polar surface area (TPSA) is 45.2 Å². The molecule has 2 bridgehead atoms. The lowest BCUT2D eigenvalue weighted by Crippen LogP contribution is -2.63. The second-order valence-corrected chi connectivity index (χ2v) is 7.61. The number of carbonyl (C=O) groups is 1. The molecule has 1 aromatic carbocycles. The third kappa shape index (κ3) is 3.43. The summed E-state index contributed by atoms with van der Waals surface area (Å²) in [7, 11) is 0. The van der Waals surface area contributed by atoms with Gasteiger partial charge in [0.25, 0.3) is 0 Å². The van der Waals surface area contributed by atoms with E-state index in [-0.39, 0.29) is 34.9 Å². The Balaban J connectivity index is 1.62. The molecule has 3 fully saturated rings. The van der Waals surface area contributed by atoms with Crippen LogP contribution in [0.2, 0.25) is 0 Å². The number of alkyl halides is 3. The highest BCUT2D eigenvalue weighted by Gasteiger charge is 2.46. The first-order chi connectivity index (χ1) is 13.2. The van der Waals surface area contributed by atoms with Gasteiger partial charge in [0.2, 0.25) is 0 Å². The molecule has 2 aliphatic heterocycles. The third-order valence-electron chi connectivity index (χ3n) is 5.51. The molecule has 3 atom stereocenters. The summed E-state index contributed by atoms with van der Waals surface area (Å²) in [6.45, 7) is 2.16. The quantitative estimate of drug-likeness (QED) is 0.703. The Labute approximate surface area is 159 Å². The first-order valence-electron chi connectivity index (χ1n) is 9.14. The number of nitrogens with one attached hydrogen (secondary N) is 1. The average molecular weight is 393 g/mol. The molecular formula is C20H19F4N3O. The van der Waals surface area contributed by atoms with Crippen LogP contribution in [0.5, 0.6) is 0 Å². The number of hydrogen-bond acceptors (Lipinski definition) is 2. The Morgan fingerprint density at radius 3 is 2.50 bits per heavy atom. The second kappa shape index (κ2) is 6.76. The number of anilines is 1. The Morgan fingerprint density at radius 1 is 1.14 bits per heavy atom. The molecule has 1 N–H and O–H groups in total. The molecule has 1 aromatic heterocycles. The van der Waals surface area contributed by atoms with Gasteiger partial charge >= 0.3 is 12.2 Å². The molecule has 148 valence electrons. The van der Waals surface area contributed by atoms with Crippen LogP contribution in [-0.4, -0.2) is 28.0 Å². The van der Waals surface area contributed by atoms with Gasteiger partial charge in [-0.2, -0.15) is 13.2 Å². The molecule has 8 heteroatoms. The fourth-order valence-corrected chi connectivity index (χ4v) is 4.33. The van der Waals surface area contributed by atoms with Crippen molar-refractivity contribution < 1.29 is 22.4 Å². The predicted molar refractivity (Wildman–Crippen MR) is 96.1 cm³/mol. The summed E-state index contributed by atoms with van der Waals surface area (Å²) in [5.74, 6) is -0.159. The number of carbonyl (C=O) groups excluding carboxylic acids is 1. The van der Waals surface area contributed by atoms with Crippen molar-refractivity contribution in [2.75, 3.05) is 5.32 Å². The summed E-state index contributed by atoms with van der Waals surface area (Å²) in [6, 6.07) is 4.39. The molecular weight excluding hydrogens is 374 g/mol. The first-order valence-corrected chi connectivity index (χ1v) is 9.14. The summed E-state index contributed by atoms with van der Waals surface area (Å²) < 4.78 is 53.7. The second-order valence-electron chi connectivity index (χ2n) is 7.61. The first kappa shape index (κ1) is 18.7. The number of aromatic nitrogens is 1. The van der Waals surface area contributed by atoms with Crippen molar-refractivity contribution in [2.45, 2.75) is 44.4 Å². The van der Waals surface area contributed by atoms with E-state index in [0.717, 1.165) is 37.6 Å². The predicted octanol–water partition coefficient (Wildman–Crippen LogP) is 5.31. The molecule has 2 amide bonds.